The molecule has 0 saturated carbocycles. The van der Waals surface area contributed by atoms with Crippen molar-refractivity contribution in [3.8, 4) is 0 Å². The summed E-state index contributed by atoms with van der Waals surface area (Å²) >= 11 is 0. The first-order chi connectivity index (χ1) is 7.82. The van der Waals surface area contributed by atoms with E-state index in [0.717, 1.165) is 0 Å². The summed E-state index contributed by atoms with van der Waals surface area (Å²) in [4.78, 5) is 0. The summed E-state index contributed by atoms with van der Waals surface area (Å²) in [6.45, 7) is 21.5. The Balaban J connectivity index is 2.93. The Morgan fingerprint density at radius 1 is 0.444 bits per heavy atom. The molecule has 3 N–H and O–H groups in total. The third kappa shape index (κ3) is 4.28. The van der Waals surface area contributed by atoms with Gasteiger partial charge in [-0.1, -0.05) is 62.3 Å². The molecule has 1 saturated heterocycles. The Bertz CT molecular complexity index is 235. The van der Waals surface area contributed by atoms with Gasteiger partial charge in [0, 0.05) is 0 Å². The lowest BCUT2D eigenvalue weighted by molar-refractivity contribution is 0.660. The zero-order valence-corrected chi connectivity index (χ0v) is 17.2. The smallest absolute Gasteiger partial charge is 0.178 e. The Kier molecular flexibility index (Phi) is 4.74. The molecule has 18 heavy (non-hydrogen) atoms. The van der Waals surface area contributed by atoms with Gasteiger partial charge in [-0.3, -0.25) is 0 Å². The molecule has 0 bridgehead atoms. The van der Waals surface area contributed by atoms with Crippen molar-refractivity contribution >= 4 is 27.4 Å². The van der Waals surface area contributed by atoms with Crippen LogP contribution in [-0.2, 0) is 0 Å². The van der Waals surface area contributed by atoms with Gasteiger partial charge < -0.3 is 13.9 Å². The highest BCUT2D eigenvalue weighted by Gasteiger charge is 2.44. The number of hydrogen-bond acceptors (Lipinski definition) is 3. The van der Waals surface area contributed by atoms with E-state index < -0.39 is 27.4 Å². The van der Waals surface area contributed by atoms with Gasteiger partial charge in [0.15, 0.2) is 27.4 Å². The van der Waals surface area contributed by atoms with Crippen LogP contribution >= 0.6 is 0 Å². The first-order valence-electron chi connectivity index (χ1n) is 7.10. The van der Waals surface area contributed by atoms with E-state index in [-0.39, 0.29) is 0 Å². The fourth-order valence-electron chi connectivity index (χ4n) is 2.14. The van der Waals surface area contributed by atoms with Crippen molar-refractivity contribution in [3.05, 3.63) is 0 Å². The first kappa shape index (κ1) is 16.6. The van der Waals surface area contributed by atoms with Gasteiger partial charge in [-0.25, -0.2) is 0 Å². The molecule has 1 fully saturated rings. The minimum Gasteiger partial charge on any atom is -0.340 e. The quantitative estimate of drug-likeness (QED) is 0.598. The van der Waals surface area contributed by atoms with E-state index >= 15 is 0 Å². The van der Waals surface area contributed by atoms with Crippen LogP contribution in [0.4, 0.5) is 0 Å². The van der Waals surface area contributed by atoms with Crippen LogP contribution in [0.3, 0.4) is 0 Å². The standard InChI is InChI=1S/C12H33N3Si3/c1-10(2,3)16-13-17(11(4,5)6)15-18(14-16)12(7,8)9/h13-18H,1-9H3. The van der Waals surface area contributed by atoms with Crippen molar-refractivity contribution in [1.29, 1.82) is 0 Å². The lowest BCUT2D eigenvalue weighted by Gasteiger charge is -2.49. The van der Waals surface area contributed by atoms with Crippen LogP contribution in [0.2, 0.25) is 15.1 Å². The van der Waals surface area contributed by atoms with Crippen molar-refractivity contribution in [2.24, 2.45) is 0 Å². The van der Waals surface area contributed by atoms with Gasteiger partial charge in [-0.2, -0.15) is 0 Å². The van der Waals surface area contributed by atoms with Gasteiger partial charge in [0.1, 0.15) is 0 Å². The molecule has 0 aliphatic carbocycles. The van der Waals surface area contributed by atoms with Crippen molar-refractivity contribution in [2.45, 2.75) is 77.4 Å². The molecule has 1 aliphatic rings. The Labute approximate surface area is 119 Å². The van der Waals surface area contributed by atoms with Gasteiger partial charge in [-0.15, -0.1) is 0 Å². The molecule has 0 aromatic rings. The molecular formula is C12H33N3Si3. The maximum Gasteiger partial charge on any atom is 0.178 e. The summed E-state index contributed by atoms with van der Waals surface area (Å²) in [6.07, 6.45) is 0. The topological polar surface area (TPSA) is 36.1 Å². The molecule has 3 nitrogen and oxygen atoms in total. The van der Waals surface area contributed by atoms with E-state index in [9.17, 15) is 0 Å². The summed E-state index contributed by atoms with van der Waals surface area (Å²) in [6, 6.07) is 0. The van der Waals surface area contributed by atoms with E-state index in [1.54, 1.807) is 0 Å². The minimum absolute atomic E-state index is 0.412. The van der Waals surface area contributed by atoms with Crippen LogP contribution in [0.5, 0.6) is 0 Å². The maximum atomic E-state index is 4.03. The third-order valence-corrected chi connectivity index (χ3v) is 16.8. The lowest BCUT2D eigenvalue weighted by Crippen LogP contribution is -2.80. The van der Waals surface area contributed by atoms with Crippen LogP contribution in [0.15, 0.2) is 0 Å². The largest absolute Gasteiger partial charge is 0.340 e. The molecule has 0 atom stereocenters. The highest BCUT2D eigenvalue weighted by molar-refractivity contribution is 6.89. The first-order valence-corrected chi connectivity index (χ1v) is 12.3. The average Bonchev–Trinajstić information content (AvgIpc) is 2.13. The van der Waals surface area contributed by atoms with E-state index in [2.05, 4.69) is 76.3 Å². The Morgan fingerprint density at radius 3 is 0.722 bits per heavy atom. The summed E-state index contributed by atoms with van der Waals surface area (Å²) in [7, 11) is -3.21. The molecular weight excluding hydrogens is 270 g/mol. The van der Waals surface area contributed by atoms with Gasteiger partial charge >= 0.3 is 0 Å². The number of rotatable bonds is 0. The number of hydrogen-bond donors (Lipinski definition) is 3. The molecule has 1 heterocycles. The lowest BCUT2D eigenvalue weighted by atomic mass is 10.3. The second-order valence-corrected chi connectivity index (χ2v) is 20.7. The molecule has 1 rings (SSSR count). The Morgan fingerprint density at radius 2 is 0.611 bits per heavy atom. The normalized spacial score (nSPS) is 31.5. The summed E-state index contributed by atoms with van der Waals surface area (Å²) in [5.41, 5.74) is 0. The molecule has 1 aliphatic heterocycles. The van der Waals surface area contributed by atoms with E-state index in [4.69, 9.17) is 0 Å². The second kappa shape index (κ2) is 5.14. The highest BCUT2D eigenvalue weighted by Crippen LogP contribution is 2.33. The molecule has 0 aromatic carbocycles. The third-order valence-electron chi connectivity index (χ3n) is 3.60. The SMILES string of the molecule is CC(C)(C)[SiH]1N[SiH](C(C)(C)C)N[SiH](C(C)(C)C)N1. The number of nitrogens with one attached hydrogen (secondary N) is 3. The van der Waals surface area contributed by atoms with Crippen LogP contribution in [0.1, 0.15) is 62.3 Å². The molecule has 0 aromatic heterocycles. The van der Waals surface area contributed by atoms with Gasteiger partial charge in [0.2, 0.25) is 0 Å². The average molecular weight is 304 g/mol. The maximum absolute atomic E-state index is 4.03. The Hall–Kier alpha value is 0.531. The summed E-state index contributed by atoms with van der Waals surface area (Å²) in [5, 5.41) is 1.24. The summed E-state index contributed by atoms with van der Waals surface area (Å²) < 4.78 is 12.1. The van der Waals surface area contributed by atoms with Gasteiger partial charge in [-0.05, 0) is 15.1 Å². The van der Waals surface area contributed by atoms with Crippen LogP contribution in [0.25, 0.3) is 0 Å². The van der Waals surface area contributed by atoms with Crippen molar-refractivity contribution < 1.29 is 0 Å². The van der Waals surface area contributed by atoms with E-state index in [0.29, 0.717) is 15.1 Å². The van der Waals surface area contributed by atoms with E-state index in [1.807, 2.05) is 0 Å². The van der Waals surface area contributed by atoms with Crippen LogP contribution < -0.4 is 13.9 Å². The molecule has 108 valence electrons. The zero-order valence-electron chi connectivity index (χ0n) is 13.7. The predicted molar refractivity (Wildman–Crippen MR) is 90.0 cm³/mol. The van der Waals surface area contributed by atoms with E-state index in [1.165, 1.54) is 0 Å². The molecule has 0 spiro atoms. The van der Waals surface area contributed by atoms with Crippen molar-refractivity contribution in [2.75, 3.05) is 0 Å². The molecule has 0 unspecified atom stereocenters. The monoisotopic (exact) mass is 303 g/mol. The van der Waals surface area contributed by atoms with Crippen LogP contribution in [0, 0.1) is 0 Å². The zero-order chi connectivity index (χ0) is 14.4. The van der Waals surface area contributed by atoms with Crippen LogP contribution in [-0.4, -0.2) is 27.4 Å². The molecule has 6 heteroatoms. The fourth-order valence-corrected chi connectivity index (χ4v) is 21.9. The van der Waals surface area contributed by atoms with Crippen molar-refractivity contribution in [3.63, 3.8) is 0 Å². The van der Waals surface area contributed by atoms with Gasteiger partial charge in [0.25, 0.3) is 0 Å². The second-order valence-electron chi connectivity index (χ2n) is 8.90. The molecule has 0 amide bonds. The van der Waals surface area contributed by atoms with Gasteiger partial charge in [0.05, 0.1) is 0 Å². The summed E-state index contributed by atoms with van der Waals surface area (Å²) in [5.74, 6) is 0. The molecule has 0 radical (unpaired) electrons. The minimum atomic E-state index is -1.07. The highest BCUT2D eigenvalue weighted by atomic mass is 28.4. The predicted octanol–water partition coefficient (Wildman–Crippen LogP) is 1.83. The van der Waals surface area contributed by atoms with Crippen molar-refractivity contribution in [1.82, 2.24) is 13.9 Å². The fraction of sp³-hybridized carbons (Fsp3) is 1.00.